The number of rotatable bonds is 6. The zero-order valence-electron chi connectivity index (χ0n) is 16.0. The Hall–Kier alpha value is -2.74. The molecule has 1 aliphatic heterocycles. The summed E-state index contributed by atoms with van der Waals surface area (Å²) < 4.78 is 10.7. The van der Waals surface area contributed by atoms with Crippen LogP contribution < -0.4 is 14.8 Å². The standard InChI is InChI=1S/C20H23N3O4S/c1-13(24)23-16(19(25)22-11-14-5-4-8-21-10-14)12-28-20(23)15-6-7-17(26-2)18(9-15)27-3/h4-10,16,20H,11-12H2,1-3H3,(H,22,25). The van der Waals surface area contributed by atoms with Gasteiger partial charge >= 0.3 is 0 Å². The normalized spacial score (nSPS) is 18.6. The van der Waals surface area contributed by atoms with E-state index in [0.29, 0.717) is 23.8 Å². The van der Waals surface area contributed by atoms with Crippen molar-refractivity contribution in [2.75, 3.05) is 20.0 Å². The number of methoxy groups -OCH3 is 2. The van der Waals surface area contributed by atoms with Gasteiger partial charge in [0.25, 0.3) is 0 Å². The summed E-state index contributed by atoms with van der Waals surface area (Å²) in [5.41, 5.74) is 1.80. The second kappa shape index (κ2) is 8.97. The summed E-state index contributed by atoms with van der Waals surface area (Å²) in [5.74, 6) is 1.42. The molecule has 7 nitrogen and oxygen atoms in total. The van der Waals surface area contributed by atoms with E-state index < -0.39 is 6.04 Å². The minimum absolute atomic E-state index is 0.147. The Balaban J connectivity index is 1.76. The van der Waals surface area contributed by atoms with Gasteiger partial charge in [-0.3, -0.25) is 14.6 Å². The van der Waals surface area contributed by atoms with E-state index in [9.17, 15) is 9.59 Å². The number of nitrogens with one attached hydrogen (secondary N) is 1. The summed E-state index contributed by atoms with van der Waals surface area (Å²) in [6, 6.07) is 8.74. The van der Waals surface area contributed by atoms with Crippen molar-refractivity contribution in [2.45, 2.75) is 24.9 Å². The first-order chi connectivity index (χ1) is 13.5. The van der Waals surface area contributed by atoms with Crippen LogP contribution in [0.15, 0.2) is 42.7 Å². The van der Waals surface area contributed by atoms with Crippen molar-refractivity contribution in [1.82, 2.24) is 15.2 Å². The van der Waals surface area contributed by atoms with Crippen molar-refractivity contribution in [1.29, 1.82) is 0 Å². The van der Waals surface area contributed by atoms with E-state index in [1.165, 1.54) is 6.92 Å². The van der Waals surface area contributed by atoms with Crippen LogP contribution in [-0.4, -0.2) is 47.7 Å². The maximum atomic E-state index is 12.8. The van der Waals surface area contributed by atoms with Gasteiger partial charge in [0.2, 0.25) is 11.8 Å². The van der Waals surface area contributed by atoms with E-state index in [-0.39, 0.29) is 17.2 Å². The maximum Gasteiger partial charge on any atom is 0.243 e. The molecule has 1 aliphatic rings. The van der Waals surface area contributed by atoms with Gasteiger partial charge < -0.3 is 19.7 Å². The fourth-order valence-corrected chi connectivity index (χ4v) is 4.64. The van der Waals surface area contributed by atoms with Gasteiger partial charge in [-0.15, -0.1) is 11.8 Å². The predicted octanol–water partition coefficient (Wildman–Crippen LogP) is 2.38. The molecule has 28 heavy (non-hydrogen) atoms. The van der Waals surface area contributed by atoms with E-state index in [1.54, 1.807) is 43.3 Å². The highest BCUT2D eigenvalue weighted by molar-refractivity contribution is 7.99. The Labute approximate surface area is 168 Å². The smallest absolute Gasteiger partial charge is 0.243 e. The molecule has 3 rings (SSSR count). The Morgan fingerprint density at radius 2 is 2.04 bits per heavy atom. The Morgan fingerprint density at radius 3 is 2.68 bits per heavy atom. The topological polar surface area (TPSA) is 80.8 Å². The number of benzene rings is 1. The molecule has 1 aromatic carbocycles. The number of carbonyl (C=O) groups excluding carboxylic acids is 2. The highest BCUT2D eigenvalue weighted by Gasteiger charge is 2.41. The highest BCUT2D eigenvalue weighted by atomic mass is 32.2. The molecule has 0 radical (unpaired) electrons. The average molecular weight is 401 g/mol. The van der Waals surface area contributed by atoms with E-state index in [2.05, 4.69) is 10.3 Å². The number of hydrogen-bond donors (Lipinski definition) is 1. The molecule has 1 saturated heterocycles. The number of amides is 2. The number of aromatic nitrogens is 1. The number of hydrogen-bond acceptors (Lipinski definition) is 6. The van der Waals surface area contributed by atoms with Crippen molar-refractivity contribution >= 4 is 23.6 Å². The number of nitrogens with zero attached hydrogens (tertiary/aromatic N) is 2. The number of thioether (sulfide) groups is 1. The van der Waals surface area contributed by atoms with Crippen LogP contribution in [-0.2, 0) is 16.1 Å². The SMILES string of the molecule is COc1ccc(C2SCC(C(=O)NCc3cccnc3)N2C(C)=O)cc1OC. The van der Waals surface area contributed by atoms with Gasteiger partial charge in [-0.1, -0.05) is 12.1 Å². The average Bonchev–Trinajstić information content (AvgIpc) is 3.18. The van der Waals surface area contributed by atoms with Crippen LogP contribution in [0.2, 0.25) is 0 Å². The fraction of sp³-hybridized carbons (Fsp3) is 0.350. The van der Waals surface area contributed by atoms with Crippen LogP contribution in [0.1, 0.15) is 23.4 Å². The number of carbonyl (C=O) groups is 2. The van der Waals surface area contributed by atoms with Gasteiger partial charge in [-0.05, 0) is 29.3 Å². The van der Waals surface area contributed by atoms with E-state index >= 15 is 0 Å². The molecule has 2 atom stereocenters. The predicted molar refractivity (Wildman–Crippen MR) is 107 cm³/mol. The first-order valence-corrected chi connectivity index (χ1v) is 9.89. The lowest BCUT2D eigenvalue weighted by atomic mass is 10.1. The Bertz CT molecular complexity index is 847. The molecule has 0 saturated carbocycles. The van der Waals surface area contributed by atoms with Crippen LogP contribution in [0.3, 0.4) is 0 Å². The van der Waals surface area contributed by atoms with E-state index in [0.717, 1.165) is 11.1 Å². The van der Waals surface area contributed by atoms with Gasteiger partial charge in [0.05, 0.1) is 14.2 Å². The molecular weight excluding hydrogens is 378 g/mol. The Kier molecular flexibility index (Phi) is 6.41. The van der Waals surface area contributed by atoms with E-state index in [1.807, 2.05) is 30.3 Å². The minimum atomic E-state index is -0.530. The molecule has 0 aliphatic carbocycles. The second-order valence-corrected chi connectivity index (χ2v) is 7.43. The summed E-state index contributed by atoms with van der Waals surface area (Å²) >= 11 is 1.56. The zero-order valence-corrected chi connectivity index (χ0v) is 16.9. The van der Waals surface area contributed by atoms with Crippen molar-refractivity contribution in [3.63, 3.8) is 0 Å². The van der Waals surface area contributed by atoms with Crippen LogP contribution >= 0.6 is 11.8 Å². The molecule has 2 aromatic rings. The van der Waals surface area contributed by atoms with Gasteiger partial charge in [0, 0.05) is 31.6 Å². The number of pyridine rings is 1. The summed E-state index contributed by atoms with van der Waals surface area (Å²) in [7, 11) is 3.15. The summed E-state index contributed by atoms with van der Waals surface area (Å²) in [6.07, 6.45) is 3.39. The second-order valence-electron chi connectivity index (χ2n) is 6.32. The third kappa shape index (κ3) is 4.22. The molecule has 1 fully saturated rings. The number of ether oxygens (including phenoxy) is 2. The van der Waals surface area contributed by atoms with Crippen molar-refractivity contribution in [3.8, 4) is 11.5 Å². The molecule has 0 spiro atoms. The van der Waals surface area contributed by atoms with Crippen LogP contribution in [0.5, 0.6) is 11.5 Å². The van der Waals surface area contributed by atoms with Gasteiger partial charge in [-0.25, -0.2) is 0 Å². The molecule has 1 N–H and O–H groups in total. The molecule has 0 bridgehead atoms. The lowest BCUT2D eigenvalue weighted by Crippen LogP contribution is -2.47. The molecule has 2 unspecified atom stereocenters. The van der Waals surface area contributed by atoms with Crippen molar-refractivity contribution in [2.24, 2.45) is 0 Å². The van der Waals surface area contributed by atoms with Crippen LogP contribution in [0.25, 0.3) is 0 Å². The highest BCUT2D eigenvalue weighted by Crippen LogP contribution is 2.43. The first-order valence-electron chi connectivity index (χ1n) is 8.84. The molecular formula is C20H23N3O4S. The third-order valence-corrected chi connectivity index (χ3v) is 5.87. The summed E-state index contributed by atoms with van der Waals surface area (Å²) in [5, 5.41) is 2.65. The zero-order chi connectivity index (χ0) is 20.1. The van der Waals surface area contributed by atoms with Crippen molar-refractivity contribution < 1.29 is 19.1 Å². The molecule has 2 heterocycles. The van der Waals surface area contributed by atoms with E-state index in [4.69, 9.17) is 9.47 Å². The summed E-state index contributed by atoms with van der Waals surface area (Å²) in [6.45, 7) is 1.86. The minimum Gasteiger partial charge on any atom is -0.493 e. The third-order valence-electron chi connectivity index (χ3n) is 4.55. The molecule has 2 amide bonds. The monoisotopic (exact) mass is 401 g/mol. The largest absolute Gasteiger partial charge is 0.493 e. The van der Waals surface area contributed by atoms with Crippen LogP contribution in [0.4, 0.5) is 0 Å². The molecule has 148 valence electrons. The summed E-state index contributed by atoms with van der Waals surface area (Å²) in [4.78, 5) is 30.8. The van der Waals surface area contributed by atoms with Gasteiger partial charge in [0.15, 0.2) is 11.5 Å². The lowest BCUT2D eigenvalue weighted by Gasteiger charge is -2.28. The first kappa shape index (κ1) is 20.0. The fourth-order valence-electron chi connectivity index (χ4n) is 3.17. The lowest BCUT2D eigenvalue weighted by molar-refractivity contribution is -0.138. The van der Waals surface area contributed by atoms with Crippen molar-refractivity contribution in [3.05, 3.63) is 53.9 Å². The maximum absolute atomic E-state index is 12.8. The molecule has 1 aromatic heterocycles. The quantitative estimate of drug-likeness (QED) is 0.801. The van der Waals surface area contributed by atoms with Gasteiger partial charge in [-0.2, -0.15) is 0 Å². The van der Waals surface area contributed by atoms with Gasteiger partial charge in [0.1, 0.15) is 11.4 Å². The molecule has 8 heteroatoms. The Morgan fingerprint density at radius 1 is 1.25 bits per heavy atom. The van der Waals surface area contributed by atoms with Crippen LogP contribution in [0, 0.1) is 0 Å².